The van der Waals surface area contributed by atoms with Crippen molar-refractivity contribution in [2.24, 2.45) is 0 Å². The van der Waals surface area contributed by atoms with Gasteiger partial charge in [-0.3, -0.25) is 19.2 Å². The summed E-state index contributed by atoms with van der Waals surface area (Å²) in [5.74, 6) is -0.252. The molecule has 0 radical (unpaired) electrons. The average molecular weight is 400 g/mol. The Balaban J connectivity index is 1.48. The first-order chi connectivity index (χ1) is 13.9. The monoisotopic (exact) mass is 400 g/mol. The van der Waals surface area contributed by atoms with E-state index in [0.29, 0.717) is 30.7 Å². The lowest BCUT2D eigenvalue weighted by Crippen LogP contribution is -2.52. The number of benzene rings is 1. The van der Waals surface area contributed by atoms with Crippen molar-refractivity contribution in [3.63, 3.8) is 0 Å². The second-order valence-electron chi connectivity index (χ2n) is 7.70. The van der Waals surface area contributed by atoms with Crippen molar-refractivity contribution in [1.82, 2.24) is 20.4 Å². The molecular weight excluding hydrogens is 376 g/mol. The second-order valence-corrected chi connectivity index (χ2v) is 7.70. The molecule has 154 valence electrons. The first-order valence-corrected chi connectivity index (χ1v) is 9.72. The van der Waals surface area contributed by atoms with E-state index in [1.54, 1.807) is 31.4 Å². The van der Waals surface area contributed by atoms with E-state index in [2.05, 4.69) is 10.6 Å². The predicted molar refractivity (Wildman–Crippen MR) is 102 cm³/mol. The van der Waals surface area contributed by atoms with Crippen LogP contribution in [0.15, 0.2) is 24.3 Å². The molecule has 3 heterocycles. The molecule has 0 unspecified atom stereocenters. The average Bonchev–Trinajstić information content (AvgIpc) is 3.30. The number of ether oxygens (including phenoxy) is 1. The third-order valence-corrected chi connectivity index (χ3v) is 5.96. The number of carbonyl (C=O) groups excluding carboxylic acids is 4. The van der Waals surface area contributed by atoms with Gasteiger partial charge in [-0.05, 0) is 37.1 Å². The fourth-order valence-corrected chi connectivity index (χ4v) is 4.49. The summed E-state index contributed by atoms with van der Waals surface area (Å²) < 4.78 is 5.09. The van der Waals surface area contributed by atoms with Crippen LogP contribution >= 0.6 is 0 Å². The van der Waals surface area contributed by atoms with Crippen molar-refractivity contribution in [2.75, 3.05) is 20.2 Å². The smallest absolute Gasteiger partial charge is 0.251 e. The second kappa shape index (κ2) is 7.38. The third kappa shape index (κ3) is 3.41. The molecule has 3 aliphatic rings. The Morgan fingerprint density at radius 3 is 2.59 bits per heavy atom. The lowest BCUT2D eigenvalue weighted by atomic mass is 10.1. The van der Waals surface area contributed by atoms with E-state index in [9.17, 15) is 19.2 Å². The van der Waals surface area contributed by atoms with Gasteiger partial charge in [0, 0.05) is 31.6 Å². The quantitative estimate of drug-likeness (QED) is 0.712. The number of methoxy groups -OCH3 is 1. The number of amides is 4. The molecular formula is C20H24N4O5. The molecule has 4 amide bonds. The highest BCUT2D eigenvalue weighted by Crippen LogP contribution is 2.29. The van der Waals surface area contributed by atoms with Gasteiger partial charge in [-0.25, -0.2) is 0 Å². The lowest BCUT2D eigenvalue weighted by molar-refractivity contribution is -0.143. The zero-order valence-corrected chi connectivity index (χ0v) is 16.4. The number of hydrogen-bond donors (Lipinski definition) is 2. The SMILES string of the molecule is COc1ccc(C(=O)N[C@H]2C[C@@H]3C(=O)N[C@@H]4CCN(C(C)=O)[C@@H]4C(=O)N3C2)cc1. The Morgan fingerprint density at radius 2 is 1.93 bits per heavy atom. The van der Waals surface area contributed by atoms with E-state index < -0.39 is 12.1 Å². The Morgan fingerprint density at radius 1 is 1.21 bits per heavy atom. The Kier molecular flexibility index (Phi) is 4.89. The largest absolute Gasteiger partial charge is 0.497 e. The van der Waals surface area contributed by atoms with Gasteiger partial charge in [0.1, 0.15) is 17.8 Å². The summed E-state index contributed by atoms with van der Waals surface area (Å²) in [4.78, 5) is 53.4. The summed E-state index contributed by atoms with van der Waals surface area (Å²) in [5.41, 5.74) is 0.474. The van der Waals surface area contributed by atoms with E-state index in [4.69, 9.17) is 4.74 Å². The lowest BCUT2D eigenvalue weighted by Gasteiger charge is -2.28. The highest BCUT2D eigenvalue weighted by molar-refractivity contribution is 5.97. The summed E-state index contributed by atoms with van der Waals surface area (Å²) in [6, 6.07) is 4.72. The molecule has 4 atom stereocenters. The first-order valence-electron chi connectivity index (χ1n) is 9.72. The van der Waals surface area contributed by atoms with Gasteiger partial charge in [-0.2, -0.15) is 0 Å². The number of rotatable bonds is 3. The number of fused-ring (bicyclic) bond motifs is 2. The summed E-state index contributed by atoms with van der Waals surface area (Å²) in [7, 11) is 1.55. The van der Waals surface area contributed by atoms with Crippen molar-refractivity contribution >= 4 is 23.6 Å². The van der Waals surface area contributed by atoms with Crippen molar-refractivity contribution in [3.05, 3.63) is 29.8 Å². The Bertz CT molecular complexity index is 855. The van der Waals surface area contributed by atoms with E-state index in [1.165, 1.54) is 16.7 Å². The van der Waals surface area contributed by atoms with Crippen LogP contribution in [0.3, 0.4) is 0 Å². The number of carbonyl (C=O) groups is 4. The van der Waals surface area contributed by atoms with E-state index >= 15 is 0 Å². The van der Waals surface area contributed by atoms with Crippen LogP contribution in [-0.2, 0) is 14.4 Å². The van der Waals surface area contributed by atoms with Gasteiger partial charge in [-0.1, -0.05) is 0 Å². The summed E-state index contributed by atoms with van der Waals surface area (Å²) >= 11 is 0. The number of nitrogens with zero attached hydrogens (tertiary/aromatic N) is 2. The van der Waals surface area contributed by atoms with Crippen molar-refractivity contribution in [1.29, 1.82) is 0 Å². The normalized spacial score (nSPS) is 28.3. The minimum Gasteiger partial charge on any atom is -0.497 e. The van der Waals surface area contributed by atoms with Crippen molar-refractivity contribution in [2.45, 2.75) is 43.9 Å². The van der Waals surface area contributed by atoms with Crippen LogP contribution < -0.4 is 15.4 Å². The molecule has 0 aliphatic carbocycles. The van der Waals surface area contributed by atoms with Gasteiger partial charge in [0.2, 0.25) is 17.7 Å². The maximum Gasteiger partial charge on any atom is 0.251 e. The van der Waals surface area contributed by atoms with Crippen LogP contribution in [0.2, 0.25) is 0 Å². The maximum absolute atomic E-state index is 13.2. The molecule has 4 rings (SSSR count). The van der Waals surface area contributed by atoms with E-state index in [1.807, 2.05) is 0 Å². The van der Waals surface area contributed by atoms with Crippen LogP contribution in [0.1, 0.15) is 30.1 Å². The fraction of sp³-hybridized carbons (Fsp3) is 0.500. The minimum absolute atomic E-state index is 0.179. The number of hydrogen-bond acceptors (Lipinski definition) is 5. The van der Waals surface area contributed by atoms with Crippen LogP contribution in [0.25, 0.3) is 0 Å². The third-order valence-electron chi connectivity index (χ3n) is 5.96. The molecule has 3 fully saturated rings. The molecule has 1 aromatic rings. The van der Waals surface area contributed by atoms with Gasteiger partial charge in [0.05, 0.1) is 13.2 Å². The van der Waals surface area contributed by atoms with Gasteiger partial charge in [0.15, 0.2) is 0 Å². The zero-order valence-electron chi connectivity index (χ0n) is 16.4. The van der Waals surface area contributed by atoms with Crippen LogP contribution in [-0.4, -0.2) is 77.8 Å². The summed E-state index contributed by atoms with van der Waals surface area (Å²) in [5, 5.41) is 5.83. The zero-order chi connectivity index (χ0) is 20.7. The van der Waals surface area contributed by atoms with Gasteiger partial charge >= 0.3 is 0 Å². The number of nitrogens with one attached hydrogen (secondary N) is 2. The van der Waals surface area contributed by atoms with Crippen LogP contribution in [0.4, 0.5) is 0 Å². The molecule has 29 heavy (non-hydrogen) atoms. The maximum atomic E-state index is 13.2. The molecule has 3 aliphatic heterocycles. The number of likely N-dealkylation sites (tertiary alicyclic amines) is 1. The van der Waals surface area contributed by atoms with Gasteiger partial charge in [-0.15, -0.1) is 0 Å². The standard InChI is InChI=1S/C20H24N4O5/c1-11(25)23-8-7-15-17(23)20(28)24-10-13(9-16(24)19(27)22-15)21-18(26)12-3-5-14(29-2)6-4-12/h3-6,13,15-17H,7-10H2,1-2H3,(H,21,26)(H,22,27)/t13-,15+,16+,17-/m0/s1. The van der Waals surface area contributed by atoms with E-state index in [0.717, 1.165) is 0 Å². The van der Waals surface area contributed by atoms with Crippen molar-refractivity contribution < 1.29 is 23.9 Å². The Hall–Kier alpha value is -3.10. The molecule has 0 bridgehead atoms. The van der Waals surface area contributed by atoms with E-state index in [-0.39, 0.29) is 42.3 Å². The molecule has 9 heteroatoms. The molecule has 9 nitrogen and oxygen atoms in total. The van der Waals surface area contributed by atoms with Crippen molar-refractivity contribution in [3.8, 4) is 5.75 Å². The fourth-order valence-electron chi connectivity index (χ4n) is 4.49. The van der Waals surface area contributed by atoms with Crippen LogP contribution in [0, 0.1) is 0 Å². The van der Waals surface area contributed by atoms with Gasteiger partial charge in [0.25, 0.3) is 5.91 Å². The van der Waals surface area contributed by atoms with Gasteiger partial charge < -0.3 is 25.2 Å². The molecule has 3 saturated heterocycles. The molecule has 0 saturated carbocycles. The first kappa shape index (κ1) is 19.2. The Labute approximate surface area is 168 Å². The van der Waals surface area contributed by atoms with Crippen LogP contribution in [0.5, 0.6) is 5.75 Å². The molecule has 0 spiro atoms. The minimum atomic E-state index is -0.669. The highest BCUT2D eigenvalue weighted by Gasteiger charge is 2.51. The summed E-state index contributed by atoms with van der Waals surface area (Å²) in [6.45, 7) is 2.13. The molecule has 0 aromatic heterocycles. The summed E-state index contributed by atoms with van der Waals surface area (Å²) in [6.07, 6.45) is 0.916. The topological polar surface area (TPSA) is 108 Å². The molecule has 1 aromatic carbocycles. The predicted octanol–water partition coefficient (Wildman–Crippen LogP) is -0.486. The molecule has 2 N–H and O–H groups in total. The highest BCUT2D eigenvalue weighted by atomic mass is 16.5.